The second-order valence-electron chi connectivity index (χ2n) is 2.99. The Balaban J connectivity index is 2.15. The third kappa shape index (κ3) is 4.43. The lowest BCUT2D eigenvalue weighted by molar-refractivity contribution is -0.151. The molecule has 1 unspecified atom stereocenters. The Hall–Kier alpha value is -0.820. The van der Waals surface area contributed by atoms with Crippen molar-refractivity contribution in [2.75, 3.05) is 13.2 Å². The summed E-state index contributed by atoms with van der Waals surface area (Å²) >= 11 is 0. The average Bonchev–Trinajstić information content (AvgIpc) is 2.01. The molecule has 0 saturated carbocycles. The fourth-order valence-electron chi connectivity index (χ4n) is 1.05. The summed E-state index contributed by atoms with van der Waals surface area (Å²) in [6, 6.07) is 0. The van der Waals surface area contributed by atoms with Crippen molar-refractivity contribution in [3.05, 3.63) is 0 Å². The van der Waals surface area contributed by atoms with Gasteiger partial charge in [0.2, 0.25) is 5.91 Å². The summed E-state index contributed by atoms with van der Waals surface area (Å²) in [5.74, 6) is -0.270. The SMILES string of the molecule is O=C1CC(OCCC(F)(F)F)CNN1. The summed E-state index contributed by atoms with van der Waals surface area (Å²) in [4.78, 5) is 10.8. The fourth-order valence-corrected chi connectivity index (χ4v) is 1.05. The van der Waals surface area contributed by atoms with Crippen LogP contribution in [0, 0.1) is 0 Å². The van der Waals surface area contributed by atoms with Crippen LogP contribution in [0.2, 0.25) is 0 Å². The highest BCUT2D eigenvalue weighted by Crippen LogP contribution is 2.19. The van der Waals surface area contributed by atoms with Gasteiger partial charge in [0, 0.05) is 6.54 Å². The van der Waals surface area contributed by atoms with Crippen LogP contribution in [0.5, 0.6) is 0 Å². The van der Waals surface area contributed by atoms with Crippen molar-refractivity contribution >= 4 is 5.91 Å². The van der Waals surface area contributed by atoms with Crippen LogP contribution in [0.25, 0.3) is 0 Å². The van der Waals surface area contributed by atoms with Gasteiger partial charge < -0.3 is 4.74 Å². The lowest BCUT2D eigenvalue weighted by Crippen LogP contribution is -2.50. The van der Waals surface area contributed by atoms with Gasteiger partial charge in [-0.1, -0.05) is 0 Å². The molecule has 1 rings (SSSR count). The summed E-state index contributed by atoms with van der Waals surface area (Å²) in [6.45, 7) is -0.0628. The average molecular weight is 212 g/mol. The van der Waals surface area contributed by atoms with Crippen molar-refractivity contribution < 1.29 is 22.7 Å². The Bertz CT molecular complexity index is 208. The van der Waals surface area contributed by atoms with E-state index in [1.807, 2.05) is 0 Å². The molecule has 1 saturated heterocycles. The number of hydrazine groups is 1. The van der Waals surface area contributed by atoms with E-state index >= 15 is 0 Å². The lowest BCUT2D eigenvalue weighted by atomic mass is 10.2. The number of rotatable bonds is 3. The van der Waals surface area contributed by atoms with E-state index in [2.05, 4.69) is 10.9 Å². The van der Waals surface area contributed by atoms with Crippen LogP contribution in [-0.4, -0.2) is 31.3 Å². The van der Waals surface area contributed by atoms with E-state index in [1.165, 1.54) is 0 Å². The number of ether oxygens (including phenoxy) is 1. The molecule has 2 N–H and O–H groups in total. The van der Waals surface area contributed by atoms with Crippen LogP contribution in [0.15, 0.2) is 0 Å². The van der Waals surface area contributed by atoms with Gasteiger partial charge in [-0.25, -0.2) is 5.43 Å². The fraction of sp³-hybridized carbons (Fsp3) is 0.857. The van der Waals surface area contributed by atoms with Crippen LogP contribution in [0.3, 0.4) is 0 Å². The molecular weight excluding hydrogens is 201 g/mol. The summed E-state index contributed by atoms with van der Waals surface area (Å²) in [5.41, 5.74) is 4.85. The van der Waals surface area contributed by atoms with Crippen LogP contribution < -0.4 is 10.9 Å². The Labute approximate surface area is 78.8 Å². The van der Waals surface area contributed by atoms with Crippen molar-refractivity contribution in [2.24, 2.45) is 0 Å². The van der Waals surface area contributed by atoms with Crippen molar-refractivity contribution in [1.82, 2.24) is 10.9 Å². The van der Waals surface area contributed by atoms with Gasteiger partial charge in [-0.2, -0.15) is 13.2 Å². The van der Waals surface area contributed by atoms with E-state index < -0.39 is 25.3 Å². The van der Waals surface area contributed by atoms with Gasteiger partial charge >= 0.3 is 6.18 Å². The normalized spacial score (nSPS) is 23.4. The number of nitrogens with one attached hydrogen (secondary N) is 2. The van der Waals surface area contributed by atoms with Gasteiger partial charge in [0.25, 0.3) is 0 Å². The first-order valence-corrected chi connectivity index (χ1v) is 4.17. The summed E-state index contributed by atoms with van der Waals surface area (Å²) < 4.78 is 40.0. The summed E-state index contributed by atoms with van der Waals surface area (Å²) in [7, 11) is 0. The first-order chi connectivity index (χ1) is 6.47. The molecule has 14 heavy (non-hydrogen) atoms. The Morgan fingerprint density at radius 2 is 2.21 bits per heavy atom. The molecule has 1 amide bonds. The van der Waals surface area contributed by atoms with Gasteiger partial charge in [0.1, 0.15) is 0 Å². The molecule has 0 radical (unpaired) electrons. The highest BCUT2D eigenvalue weighted by Gasteiger charge is 2.28. The standard InChI is InChI=1S/C7H11F3N2O2/c8-7(9,10)1-2-14-5-3-6(13)12-11-4-5/h5,11H,1-4H2,(H,12,13). The minimum Gasteiger partial charge on any atom is -0.376 e. The van der Waals surface area contributed by atoms with E-state index in [4.69, 9.17) is 4.74 Å². The molecule has 1 atom stereocenters. The molecule has 0 aromatic rings. The molecule has 1 aliphatic heterocycles. The number of hydrogen-bond acceptors (Lipinski definition) is 3. The third-order valence-electron chi connectivity index (χ3n) is 1.71. The van der Waals surface area contributed by atoms with E-state index in [-0.39, 0.29) is 12.3 Å². The maximum absolute atomic E-state index is 11.7. The molecule has 1 aliphatic rings. The Morgan fingerprint density at radius 1 is 1.50 bits per heavy atom. The van der Waals surface area contributed by atoms with Crippen molar-refractivity contribution in [2.45, 2.75) is 25.1 Å². The van der Waals surface area contributed by atoms with E-state index in [1.54, 1.807) is 0 Å². The number of halogens is 3. The number of hydrogen-bond donors (Lipinski definition) is 2. The van der Waals surface area contributed by atoms with Crippen LogP contribution >= 0.6 is 0 Å². The lowest BCUT2D eigenvalue weighted by Gasteiger charge is -2.23. The van der Waals surface area contributed by atoms with Crippen LogP contribution in [0.1, 0.15) is 12.8 Å². The quantitative estimate of drug-likeness (QED) is 0.709. The van der Waals surface area contributed by atoms with Crippen molar-refractivity contribution in [1.29, 1.82) is 0 Å². The second kappa shape index (κ2) is 4.61. The summed E-state index contributed by atoms with van der Waals surface area (Å²) in [6.07, 6.45) is -5.55. The molecule has 1 fully saturated rings. The maximum Gasteiger partial charge on any atom is 0.391 e. The zero-order valence-electron chi connectivity index (χ0n) is 7.36. The molecule has 7 heteroatoms. The molecule has 1 heterocycles. The van der Waals surface area contributed by atoms with E-state index in [0.717, 1.165) is 0 Å². The smallest absolute Gasteiger partial charge is 0.376 e. The minimum atomic E-state index is -4.20. The first-order valence-electron chi connectivity index (χ1n) is 4.17. The molecule has 0 spiro atoms. The number of carbonyl (C=O) groups excluding carboxylic acids is 1. The predicted octanol–water partition coefficient (Wildman–Crippen LogP) is 0.348. The molecular formula is C7H11F3N2O2. The molecule has 0 bridgehead atoms. The number of amides is 1. The zero-order valence-corrected chi connectivity index (χ0v) is 7.36. The van der Waals surface area contributed by atoms with Crippen molar-refractivity contribution in [3.63, 3.8) is 0 Å². The van der Waals surface area contributed by atoms with Gasteiger partial charge in [0.15, 0.2) is 0 Å². The summed E-state index contributed by atoms with van der Waals surface area (Å²) in [5, 5.41) is 0. The molecule has 0 aromatic carbocycles. The van der Waals surface area contributed by atoms with Crippen LogP contribution in [0.4, 0.5) is 13.2 Å². The van der Waals surface area contributed by atoms with Gasteiger partial charge in [-0.3, -0.25) is 10.2 Å². The van der Waals surface area contributed by atoms with Crippen molar-refractivity contribution in [3.8, 4) is 0 Å². The maximum atomic E-state index is 11.7. The van der Waals surface area contributed by atoms with E-state index in [0.29, 0.717) is 6.54 Å². The van der Waals surface area contributed by atoms with Crippen LogP contribution in [-0.2, 0) is 9.53 Å². The topological polar surface area (TPSA) is 50.4 Å². The molecule has 0 aromatic heterocycles. The third-order valence-corrected chi connectivity index (χ3v) is 1.71. The Kier molecular flexibility index (Phi) is 3.70. The molecule has 82 valence electrons. The van der Waals surface area contributed by atoms with E-state index in [9.17, 15) is 18.0 Å². The monoisotopic (exact) mass is 212 g/mol. The Morgan fingerprint density at radius 3 is 2.79 bits per heavy atom. The predicted molar refractivity (Wildman–Crippen MR) is 41.2 cm³/mol. The zero-order chi connectivity index (χ0) is 10.6. The van der Waals surface area contributed by atoms with Gasteiger partial charge in [0.05, 0.1) is 25.6 Å². The molecule has 0 aliphatic carbocycles. The number of alkyl halides is 3. The minimum absolute atomic E-state index is 0.102. The highest BCUT2D eigenvalue weighted by molar-refractivity contribution is 5.76. The molecule has 4 nitrogen and oxygen atoms in total. The largest absolute Gasteiger partial charge is 0.391 e. The first kappa shape index (κ1) is 11.3. The van der Waals surface area contributed by atoms with Gasteiger partial charge in [-0.05, 0) is 0 Å². The van der Waals surface area contributed by atoms with Gasteiger partial charge in [-0.15, -0.1) is 0 Å². The second-order valence-corrected chi connectivity index (χ2v) is 2.99. The highest BCUT2D eigenvalue weighted by atomic mass is 19.4. The number of carbonyl (C=O) groups is 1.